The number of aromatic nitrogens is 4. The molecular weight excluding hydrogens is 414 g/mol. The Bertz CT molecular complexity index is 1420. The first-order valence-corrected chi connectivity index (χ1v) is 10.9. The predicted molar refractivity (Wildman–Crippen MR) is 128 cm³/mol. The Labute approximate surface area is 191 Å². The number of carbonyl (C=O) groups is 1. The van der Waals surface area contributed by atoms with E-state index in [1.165, 1.54) is 0 Å². The molecule has 0 N–H and O–H groups in total. The SMILES string of the molecule is CCN(C(=O)Cn1nc(-c2nc(-c3cccc(C)c3)no2)c2ccccc21)c1ccccc1. The molecule has 1 amide bonds. The van der Waals surface area contributed by atoms with Crippen molar-refractivity contribution < 1.29 is 9.32 Å². The molecular formula is C26H23N5O2. The van der Waals surface area contributed by atoms with Crippen LogP contribution < -0.4 is 4.90 Å². The lowest BCUT2D eigenvalue weighted by Crippen LogP contribution is -2.33. The van der Waals surface area contributed by atoms with Gasteiger partial charge in [0, 0.05) is 23.2 Å². The van der Waals surface area contributed by atoms with Crippen molar-refractivity contribution >= 4 is 22.5 Å². The number of fused-ring (bicyclic) bond motifs is 1. The van der Waals surface area contributed by atoms with Gasteiger partial charge in [0.15, 0.2) is 5.69 Å². The fourth-order valence-corrected chi connectivity index (χ4v) is 3.95. The summed E-state index contributed by atoms with van der Waals surface area (Å²) < 4.78 is 7.28. The van der Waals surface area contributed by atoms with Crippen molar-refractivity contribution in [1.82, 2.24) is 19.9 Å². The fourth-order valence-electron chi connectivity index (χ4n) is 3.95. The van der Waals surface area contributed by atoms with Crippen LogP contribution in [0.1, 0.15) is 12.5 Å². The lowest BCUT2D eigenvalue weighted by molar-refractivity contribution is -0.119. The molecule has 0 spiro atoms. The van der Waals surface area contributed by atoms with Crippen LogP contribution in [0.5, 0.6) is 0 Å². The van der Waals surface area contributed by atoms with E-state index in [-0.39, 0.29) is 12.5 Å². The standard InChI is InChI=1S/C26H23N5O2/c1-3-30(20-12-5-4-6-13-20)23(32)17-31-22-15-8-7-14-21(22)24(28-31)26-27-25(29-33-26)19-11-9-10-18(2)16-19/h4-16H,3,17H2,1-2H3. The van der Waals surface area contributed by atoms with Crippen LogP contribution in [0.4, 0.5) is 5.69 Å². The van der Waals surface area contributed by atoms with Crippen molar-refractivity contribution in [3.8, 4) is 23.0 Å². The summed E-state index contributed by atoms with van der Waals surface area (Å²) in [6.07, 6.45) is 0. The minimum atomic E-state index is -0.0468. The number of amides is 1. The molecule has 0 saturated heterocycles. The molecule has 7 nitrogen and oxygen atoms in total. The van der Waals surface area contributed by atoms with Crippen LogP contribution in [-0.4, -0.2) is 32.4 Å². The second-order valence-electron chi connectivity index (χ2n) is 7.79. The summed E-state index contributed by atoms with van der Waals surface area (Å²) in [7, 11) is 0. The largest absolute Gasteiger partial charge is 0.332 e. The van der Waals surface area contributed by atoms with E-state index in [1.54, 1.807) is 9.58 Å². The van der Waals surface area contributed by atoms with Gasteiger partial charge in [-0.25, -0.2) is 0 Å². The van der Waals surface area contributed by atoms with Gasteiger partial charge in [-0.15, -0.1) is 0 Å². The molecule has 33 heavy (non-hydrogen) atoms. The van der Waals surface area contributed by atoms with E-state index in [1.807, 2.05) is 92.7 Å². The Hall–Kier alpha value is -4.26. The molecule has 2 aromatic heterocycles. The van der Waals surface area contributed by atoms with Gasteiger partial charge in [0.25, 0.3) is 5.89 Å². The number of hydrogen-bond acceptors (Lipinski definition) is 5. The summed E-state index contributed by atoms with van der Waals surface area (Å²) in [5, 5.41) is 9.71. The molecule has 0 unspecified atom stereocenters. The zero-order valence-electron chi connectivity index (χ0n) is 18.5. The maximum Gasteiger partial charge on any atom is 0.279 e. The van der Waals surface area contributed by atoms with E-state index >= 15 is 0 Å². The summed E-state index contributed by atoms with van der Waals surface area (Å²) in [4.78, 5) is 19.5. The first-order valence-electron chi connectivity index (χ1n) is 10.9. The van der Waals surface area contributed by atoms with Gasteiger partial charge in [-0.2, -0.15) is 10.1 Å². The highest BCUT2D eigenvalue weighted by Gasteiger charge is 2.21. The number of aryl methyl sites for hydroxylation is 1. The Morgan fingerprint density at radius 2 is 1.79 bits per heavy atom. The molecule has 0 fully saturated rings. The summed E-state index contributed by atoms with van der Waals surface area (Å²) in [5.74, 6) is 0.781. The topological polar surface area (TPSA) is 77.1 Å². The molecule has 0 radical (unpaired) electrons. The third-order valence-corrected chi connectivity index (χ3v) is 5.53. The van der Waals surface area contributed by atoms with E-state index in [0.29, 0.717) is 24.0 Å². The highest BCUT2D eigenvalue weighted by atomic mass is 16.5. The summed E-state index contributed by atoms with van der Waals surface area (Å²) in [5.41, 5.74) is 4.26. The second kappa shape index (κ2) is 8.70. The van der Waals surface area contributed by atoms with Crippen LogP contribution in [-0.2, 0) is 11.3 Å². The van der Waals surface area contributed by atoms with Crippen LogP contribution in [0.15, 0.2) is 83.4 Å². The zero-order chi connectivity index (χ0) is 22.8. The summed E-state index contributed by atoms with van der Waals surface area (Å²) in [6, 6.07) is 25.3. The van der Waals surface area contributed by atoms with Gasteiger partial charge in [-0.1, -0.05) is 65.3 Å². The van der Waals surface area contributed by atoms with Crippen LogP contribution >= 0.6 is 0 Å². The smallest absolute Gasteiger partial charge is 0.279 e. The van der Waals surface area contributed by atoms with E-state index in [2.05, 4.69) is 10.1 Å². The molecule has 0 aliphatic heterocycles. The number of rotatable bonds is 6. The first-order chi connectivity index (χ1) is 16.1. The molecule has 5 rings (SSSR count). The zero-order valence-corrected chi connectivity index (χ0v) is 18.5. The highest BCUT2D eigenvalue weighted by molar-refractivity contribution is 5.96. The van der Waals surface area contributed by atoms with Gasteiger partial charge in [0.05, 0.1) is 5.52 Å². The lowest BCUT2D eigenvalue weighted by Gasteiger charge is -2.21. The molecule has 2 heterocycles. The minimum Gasteiger partial charge on any atom is -0.332 e. The van der Waals surface area contributed by atoms with Crippen LogP contribution in [0.2, 0.25) is 0 Å². The van der Waals surface area contributed by atoms with Crippen molar-refractivity contribution in [2.45, 2.75) is 20.4 Å². The van der Waals surface area contributed by atoms with Crippen molar-refractivity contribution in [3.63, 3.8) is 0 Å². The Morgan fingerprint density at radius 1 is 1.00 bits per heavy atom. The Morgan fingerprint density at radius 3 is 2.58 bits per heavy atom. The average molecular weight is 438 g/mol. The highest BCUT2D eigenvalue weighted by Crippen LogP contribution is 2.29. The third kappa shape index (κ3) is 4.01. The molecule has 7 heteroatoms. The van der Waals surface area contributed by atoms with Gasteiger partial charge in [-0.3, -0.25) is 9.48 Å². The quantitative estimate of drug-likeness (QED) is 0.369. The molecule has 0 atom stereocenters. The number of hydrogen-bond donors (Lipinski definition) is 0. The van der Waals surface area contributed by atoms with E-state index in [0.717, 1.165) is 27.7 Å². The number of carbonyl (C=O) groups excluding carboxylic acids is 1. The van der Waals surface area contributed by atoms with E-state index in [9.17, 15) is 4.79 Å². The van der Waals surface area contributed by atoms with Crippen molar-refractivity contribution in [2.24, 2.45) is 0 Å². The van der Waals surface area contributed by atoms with Gasteiger partial charge in [0.1, 0.15) is 6.54 Å². The van der Waals surface area contributed by atoms with Crippen molar-refractivity contribution in [1.29, 1.82) is 0 Å². The Kier molecular flexibility index (Phi) is 5.44. The van der Waals surface area contributed by atoms with E-state index < -0.39 is 0 Å². The average Bonchev–Trinajstić information content (AvgIpc) is 3.46. The molecule has 0 aliphatic carbocycles. The van der Waals surface area contributed by atoms with Gasteiger partial charge < -0.3 is 9.42 Å². The van der Waals surface area contributed by atoms with Crippen LogP contribution in [0.3, 0.4) is 0 Å². The minimum absolute atomic E-state index is 0.0468. The monoisotopic (exact) mass is 437 g/mol. The van der Waals surface area contributed by atoms with Gasteiger partial charge in [-0.05, 0) is 38.1 Å². The summed E-state index contributed by atoms with van der Waals surface area (Å²) in [6.45, 7) is 4.65. The van der Waals surface area contributed by atoms with Crippen LogP contribution in [0.25, 0.3) is 33.9 Å². The molecule has 0 saturated carbocycles. The number of benzene rings is 3. The second-order valence-corrected chi connectivity index (χ2v) is 7.79. The van der Waals surface area contributed by atoms with E-state index in [4.69, 9.17) is 9.62 Å². The maximum atomic E-state index is 13.2. The maximum absolute atomic E-state index is 13.2. The molecule has 0 aliphatic rings. The molecule has 164 valence electrons. The number of anilines is 1. The third-order valence-electron chi connectivity index (χ3n) is 5.53. The molecule has 3 aromatic carbocycles. The van der Waals surface area contributed by atoms with Crippen molar-refractivity contribution in [2.75, 3.05) is 11.4 Å². The van der Waals surface area contributed by atoms with Crippen molar-refractivity contribution in [3.05, 3.63) is 84.4 Å². The van der Waals surface area contributed by atoms with Crippen LogP contribution in [0, 0.1) is 6.92 Å². The summed E-state index contributed by atoms with van der Waals surface area (Å²) >= 11 is 0. The normalized spacial score (nSPS) is 11.1. The molecule has 0 bridgehead atoms. The predicted octanol–water partition coefficient (Wildman–Crippen LogP) is 5.11. The number of para-hydroxylation sites is 2. The number of likely N-dealkylation sites (N-methyl/N-ethyl adjacent to an activating group) is 1. The van der Waals surface area contributed by atoms with Gasteiger partial charge >= 0.3 is 0 Å². The van der Waals surface area contributed by atoms with Gasteiger partial charge in [0.2, 0.25) is 11.7 Å². The number of nitrogens with zero attached hydrogens (tertiary/aromatic N) is 5. The fraction of sp³-hybridized carbons (Fsp3) is 0.154. The first kappa shape index (κ1) is 20.6. The Balaban J connectivity index is 1.50. The molecule has 5 aromatic rings. The lowest BCUT2D eigenvalue weighted by atomic mass is 10.1.